The van der Waals surface area contributed by atoms with Crippen molar-refractivity contribution in [2.45, 2.75) is 0 Å². The maximum absolute atomic E-state index is 6.50. The van der Waals surface area contributed by atoms with Crippen molar-refractivity contribution < 1.29 is 8.82 Å². The van der Waals surface area contributed by atoms with Crippen molar-refractivity contribution in [3.63, 3.8) is 0 Å². The summed E-state index contributed by atoms with van der Waals surface area (Å²) in [5, 5.41) is 9.83. The first kappa shape index (κ1) is 18.4. The quantitative estimate of drug-likeness (QED) is 0.165. The van der Waals surface area contributed by atoms with Gasteiger partial charge in [0.1, 0.15) is 11.2 Å². The Kier molecular flexibility index (Phi) is 3.28. The van der Waals surface area contributed by atoms with Crippen molar-refractivity contribution in [1.82, 2.24) is 4.40 Å². The Labute approximate surface area is 205 Å². The van der Waals surface area contributed by atoms with Crippen molar-refractivity contribution in [1.29, 1.82) is 0 Å². The number of pyridine rings is 2. The van der Waals surface area contributed by atoms with E-state index in [9.17, 15) is 0 Å². The van der Waals surface area contributed by atoms with Crippen molar-refractivity contribution in [2.24, 2.45) is 0 Å². The normalized spacial score (nSPS) is 12.4. The second-order valence-electron chi connectivity index (χ2n) is 9.67. The Morgan fingerprint density at radius 2 is 1.25 bits per heavy atom. The number of fused-ring (bicyclic) bond motifs is 14. The first-order valence-electron chi connectivity index (χ1n) is 12.3. The van der Waals surface area contributed by atoms with E-state index in [1.807, 2.05) is 0 Å². The molecule has 0 amide bonds. The predicted octanol–water partition coefficient (Wildman–Crippen LogP) is 8.19. The lowest BCUT2D eigenvalue weighted by Crippen LogP contribution is -2.18. The zero-order valence-corrected chi connectivity index (χ0v) is 19.3. The van der Waals surface area contributed by atoms with Gasteiger partial charge in [0.15, 0.2) is 6.20 Å². The molecule has 0 saturated carbocycles. The van der Waals surface area contributed by atoms with Gasteiger partial charge in [-0.3, -0.25) is 0 Å². The summed E-state index contributed by atoms with van der Waals surface area (Å²) in [5.74, 6) is 0. The van der Waals surface area contributed by atoms with Gasteiger partial charge in [0.25, 0.3) is 0 Å². The molecule has 0 atom stereocenters. The molecule has 0 unspecified atom stereocenters. The lowest BCUT2D eigenvalue weighted by molar-refractivity contribution is -0.478. The Balaban J connectivity index is 1.44. The molecule has 5 heterocycles. The predicted molar refractivity (Wildman–Crippen MR) is 148 cm³/mol. The number of hydrogen-bond acceptors (Lipinski definition) is 1. The fourth-order valence-electron chi connectivity index (χ4n) is 6.15. The van der Waals surface area contributed by atoms with Crippen LogP contribution in [0.3, 0.4) is 0 Å². The van der Waals surface area contributed by atoms with Gasteiger partial charge < -0.3 is 8.82 Å². The van der Waals surface area contributed by atoms with Crippen molar-refractivity contribution >= 4 is 76.3 Å². The van der Waals surface area contributed by atoms with Gasteiger partial charge in [-0.25, -0.2) is 0 Å². The Bertz CT molecular complexity index is 2210. The third kappa shape index (κ3) is 2.25. The molecule has 166 valence electrons. The molecule has 0 aliphatic heterocycles. The highest BCUT2D eigenvalue weighted by molar-refractivity contribution is 6.14. The van der Waals surface area contributed by atoms with E-state index in [2.05, 4.69) is 124 Å². The van der Waals surface area contributed by atoms with E-state index in [0.717, 1.165) is 33.0 Å². The van der Waals surface area contributed by atoms with Gasteiger partial charge in [-0.1, -0.05) is 54.6 Å². The highest BCUT2D eigenvalue weighted by Crippen LogP contribution is 2.35. The van der Waals surface area contributed by atoms with Gasteiger partial charge in [-0.2, -0.15) is 4.40 Å². The molecule has 0 radical (unpaired) electrons. The molecule has 36 heavy (non-hydrogen) atoms. The summed E-state index contributed by atoms with van der Waals surface area (Å²) in [4.78, 5) is 0. The van der Waals surface area contributed by atoms with Crippen LogP contribution in [0.4, 0.5) is 0 Å². The van der Waals surface area contributed by atoms with Crippen LogP contribution in [0.2, 0.25) is 0 Å². The van der Waals surface area contributed by atoms with Crippen molar-refractivity contribution in [2.75, 3.05) is 0 Å². The minimum atomic E-state index is 0.896. The zero-order chi connectivity index (χ0) is 23.4. The molecule has 3 nitrogen and oxygen atoms in total. The molecule has 0 N–H and O–H groups in total. The number of benzene rings is 4. The minimum Gasteiger partial charge on any atom is -0.455 e. The largest absolute Gasteiger partial charge is 0.455 e. The van der Waals surface area contributed by atoms with Crippen LogP contribution < -0.4 is 4.40 Å². The van der Waals surface area contributed by atoms with Crippen LogP contribution in [-0.2, 0) is 0 Å². The maximum atomic E-state index is 6.50. The summed E-state index contributed by atoms with van der Waals surface area (Å²) in [6, 6.07) is 37.1. The van der Waals surface area contributed by atoms with Crippen LogP contribution in [0.25, 0.3) is 76.3 Å². The molecule has 0 saturated heterocycles. The molecule has 0 bridgehead atoms. The van der Waals surface area contributed by atoms with Crippen LogP contribution >= 0.6 is 0 Å². The number of aromatic nitrogens is 2. The highest BCUT2D eigenvalue weighted by Gasteiger charge is 2.19. The second kappa shape index (κ2) is 6.41. The summed E-state index contributed by atoms with van der Waals surface area (Å²) in [6.07, 6.45) is 4.25. The van der Waals surface area contributed by atoms with Gasteiger partial charge >= 0.3 is 0 Å². The van der Waals surface area contributed by atoms with E-state index in [-0.39, 0.29) is 0 Å². The van der Waals surface area contributed by atoms with Crippen LogP contribution in [0.5, 0.6) is 0 Å². The van der Waals surface area contributed by atoms with Crippen molar-refractivity contribution in [3.8, 4) is 0 Å². The average molecular weight is 460 g/mol. The number of nitrogens with zero attached hydrogens (tertiary/aromatic N) is 2. The smallest absolute Gasteiger partial charge is 0.223 e. The lowest BCUT2D eigenvalue weighted by atomic mass is 10.1. The van der Waals surface area contributed by atoms with Crippen LogP contribution in [-0.4, -0.2) is 4.40 Å². The molecule has 0 aliphatic rings. The van der Waals surface area contributed by atoms with Gasteiger partial charge in [-0.15, -0.1) is 0 Å². The molecule has 3 heteroatoms. The third-order valence-corrected chi connectivity index (χ3v) is 7.84. The molecule has 4 aromatic carbocycles. The molecular weight excluding hydrogens is 440 g/mol. The molecule has 0 aliphatic carbocycles. The standard InChI is InChI=1S/C33H19N2O/c1-3-7-22-20(5-1)9-11-28-24(22)18-30-26-17-27-31-19-25-23-8-4-2-6-21(23)10-12-29(25)35(31)16-14-33(27)36-32(26)13-15-34(28)30/h1-19H/q+1. The Hall–Kier alpha value is -4.89. The average Bonchev–Trinajstić information content (AvgIpc) is 3.51. The van der Waals surface area contributed by atoms with Gasteiger partial charge in [0, 0.05) is 35.2 Å². The van der Waals surface area contributed by atoms with Crippen LogP contribution in [0.1, 0.15) is 0 Å². The first-order chi connectivity index (χ1) is 17.8. The van der Waals surface area contributed by atoms with E-state index in [1.54, 1.807) is 0 Å². The molecule has 9 rings (SSSR count). The monoisotopic (exact) mass is 459 g/mol. The van der Waals surface area contributed by atoms with Crippen LogP contribution in [0.15, 0.2) is 120 Å². The second-order valence-corrected chi connectivity index (χ2v) is 9.67. The first-order valence-corrected chi connectivity index (χ1v) is 12.3. The molecule has 5 aromatic heterocycles. The summed E-state index contributed by atoms with van der Waals surface area (Å²) >= 11 is 0. The maximum Gasteiger partial charge on any atom is 0.223 e. The molecule has 0 fully saturated rings. The SMILES string of the molecule is c1ccc2c(c1)ccc1c2cc2c3cc4c(cc[n+]5c4cc4c6ccccc6ccc45)oc3ccn21. The fourth-order valence-corrected chi connectivity index (χ4v) is 6.15. The van der Waals surface area contributed by atoms with Gasteiger partial charge in [-0.05, 0) is 51.9 Å². The number of rotatable bonds is 0. The van der Waals surface area contributed by atoms with E-state index >= 15 is 0 Å². The molecule has 9 aromatic rings. The lowest BCUT2D eigenvalue weighted by Gasteiger charge is -2.04. The summed E-state index contributed by atoms with van der Waals surface area (Å²) in [6.45, 7) is 0. The summed E-state index contributed by atoms with van der Waals surface area (Å²) in [7, 11) is 0. The minimum absolute atomic E-state index is 0.896. The topological polar surface area (TPSA) is 21.7 Å². The molecular formula is C33H19N2O+. The van der Waals surface area contributed by atoms with Crippen molar-refractivity contribution in [3.05, 3.63) is 116 Å². The highest BCUT2D eigenvalue weighted by atomic mass is 16.3. The zero-order valence-electron chi connectivity index (χ0n) is 19.3. The summed E-state index contributed by atoms with van der Waals surface area (Å²) in [5.41, 5.74) is 6.54. The number of hydrogen-bond donors (Lipinski definition) is 0. The van der Waals surface area contributed by atoms with E-state index in [1.165, 1.54) is 43.4 Å². The van der Waals surface area contributed by atoms with Gasteiger partial charge in [0.2, 0.25) is 11.0 Å². The van der Waals surface area contributed by atoms with Crippen LogP contribution in [0, 0.1) is 0 Å². The summed E-state index contributed by atoms with van der Waals surface area (Å²) < 4.78 is 11.1. The fraction of sp³-hybridized carbons (Fsp3) is 0. The third-order valence-electron chi connectivity index (χ3n) is 7.84. The van der Waals surface area contributed by atoms with Gasteiger partial charge in [0.05, 0.1) is 21.8 Å². The van der Waals surface area contributed by atoms with E-state index in [0.29, 0.717) is 0 Å². The van der Waals surface area contributed by atoms with E-state index in [4.69, 9.17) is 4.42 Å². The Morgan fingerprint density at radius 1 is 0.500 bits per heavy atom. The Morgan fingerprint density at radius 3 is 2.11 bits per heavy atom. The molecule has 0 spiro atoms. The van der Waals surface area contributed by atoms with E-state index < -0.39 is 0 Å².